The van der Waals surface area contributed by atoms with E-state index in [1.165, 1.54) is 12.1 Å². The zero-order valence-corrected chi connectivity index (χ0v) is 11.3. The molecule has 1 aliphatic heterocycles. The van der Waals surface area contributed by atoms with Crippen LogP contribution in [0.1, 0.15) is 31.2 Å². The molecule has 0 bridgehead atoms. The first kappa shape index (κ1) is 14.0. The first-order valence-corrected chi connectivity index (χ1v) is 6.84. The molecule has 2 N–H and O–H groups in total. The van der Waals surface area contributed by atoms with Crippen LogP contribution in [0.2, 0.25) is 0 Å². The summed E-state index contributed by atoms with van der Waals surface area (Å²) in [7, 11) is 1.66. The van der Waals surface area contributed by atoms with E-state index in [1.54, 1.807) is 7.05 Å². The van der Waals surface area contributed by atoms with Gasteiger partial charge in [-0.05, 0) is 50.0 Å². The fourth-order valence-corrected chi connectivity index (χ4v) is 2.90. The summed E-state index contributed by atoms with van der Waals surface area (Å²) in [6, 6.07) is 6.62. The summed E-state index contributed by atoms with van der Waals surface area (Å²) in [5.41, 5.74) is 0.901. The maximum atomic E-state index is 13.1. The zero-order valence-electron chi connectivity index (χ0n) is 11.3. The molecule has 2 rings (SSSR count). The molecule has 1 aromatic carbocycles. The minimum Gasteiger partial charge on any atom is -0.359 e. The summed E-state index contributed by atoms with van der Waals surface area (Å²) in [6.07, 6.45) is 3.37. The Labute approximate surface area is 113 Å². The Bertz CT molecular complexity index is 422. The van der Waals surface area contributed by atoms with Crippen LogP contribution in [0.15, 0.2) is 24.3 Å². The molecule has 19 heavy (non-hydrogen) atoms. The molecule has 0 spiro atoms. The van der Waals surface area contributed by atoms with E-state index in [0.29, 0.717) is 6.42 Å². The highest BCUT2D eigenvalue weighted by Crippen LogP contribution is 2.37. The number of rotatable bonds is 3. The molecule has 3 nitrogen and oxygen atoms in total. The summed E-state index contributed by atoms with van der Waals surface area (Å²) in [5, 5.41) is 6.07. The zero-order chi connectivity index (χ0) is 13.7. The third-order valence-electron chi connectivity index (χ3n) is 4.02. The fraction of sp³-hybridized carbons (Fsp3) is 0.533. The van der Waals surface area contributed by atoms with E-state index >= 15 is 0 Å². The molecule has 0 aromatic heterocycles. The molecule has 104 valence electrons. The smallest absolute Gasteiger partial charge is 0.220 e. The SMILES string of the molecule is CNC(=O)CC1(c2ccc(F)cc2)CCCNCC1. The molecular formula is C15H21FN2O. The van der Waals surface area contributed by atoms with Crippen LogP contribution in [0.4, 0.5) is 4.39 Å². The lowest BCUT2D eigenvalue weighted by molar-refractivity contribution is -0.122. The first-order valence-electron chi connectivity index (χ1n) is 6.84. The highest BCUT2D eigenvalue weighted by Gasteiger charge is 2.34. The van der Waals surface area contributed by atoms with E-state index < -0.39 is 0 Å². The molecule has 1 unspecified atom stereocenters. The van der Waals surface area contributed by atoms with Gasteiger partial charge >= 0.3 is 0 Å². The van der Waals surface area contributed by atoms with Gasteiger partial charge in [0.05, 0.1) is 0 Å². The van der Waals surface area contributed by atoms with Gasteiger partial charge in [-0.1, -0.05) is 12.1 Å². The van der Waals surface area contributed by atoms with Crippen LogP contribution in [0.5, 0.6) is 0 Å². The largest absolute Gasteiger partial charge is 0.359 e. The molecule has 1 aromatic rings. The Balaban J connectivity index is 2.31. The summed E-state index contributed by atoms with van der Waals surface area (Å²) >= 11 is 0. The summed E-state index contributed by atoms with van der Waals surface area (Å²) in [4.78, 5) is 11.8. The number of carbonyl (C=O) groups excluding carboxylic acids is 1. The van der Waals surface area contributed by atoms with Crippen LogP contribution in [-0.2, 0) is 10.2 Å². The summed E-state index contributed by atoms with van der Waals surface area (Å²) in [6.45, 7) is 1.88. The number of hydrogen-bond acceptors (Lipinski definition) is 2. The molecular weight excluding hydrogens is 243 g/mol. The van der Waals surface area contributed by atoms with Gasteiger partial charge in [0, 0.05) is 18.9 Å². The van der Waals surface area contributed by atoms with Crippen LogP contribution >= 0.6 is 0 Å². The number of amides is 1. The molecule has 1 fully saturated rings. The lowest BCUT2D eigenvalue weighted by atomic mass is 9.72. The van der Waals surface area contributed by atoms with E-state index in [-0.39, 0.29) is 17.1 Å². The molecule has 1 atom stereocenters. The maximum Gasteiger partial charge on any atom is 0.220 e. The van der Waals surface area contributed by atoms with Crippen molar-refractivity contribution in [3.63, 3.8) is 0 Å². The van der Waals surface area contributed by atoms with Crippen molar-refractivity contribution >= 4 is 5.91 Å². The second-order valence-electron chi connectivity index (χ2n) is 5.24. The van der Waals surface area contributed by atoms with Crippen LogP contribution in [-0.4, -0.2) is 26.0 Å². The molecule has 0 aliphatic carbocycles. The number of nitrogens with one attached hydrogen (secondary N) is 2. The van der Waals surface area contributed by atoms with Gasteiger partial charge in [0.1, 0.15) is 5.82 Å². The van der Waals surface area contributed by atoms with E-state index in [9.17, 15) is 9.18 Å². The minimum absolute atomic E-state index is 0.0474. The van der Waals surface area contributed by atoms with Crippen molar-refractivity contribution in [2.24, 2.45) is 0 Å². The Hall–Kier alpha value is -1.42. The molecule has 1 aliphatic rings. The predicted molar refractivity (Wildman–Crippen MR) is 73.5 cm³/mol. The molecule has 1 heterocycles. The van der Waals surface area contributed by atoms with E-state index in [4.69, 9.17) is 0 Å². The third kappa shape index (κ3) is 3.32. The van der Waals surface area contributed by atoms with Gasteiger partial charge in [-0.15, -0.1) is 0 Å². The maximum absolute atomic E-state index is 13.1. The van der Waals surface area contributed by atoms with Gasteiger partial charge in [0.2, 0.25) is 5.91 Å². The topological polar surface area (TPSA) is 41.1 Å². The van der Waals surface area contributed by atoms with Gasteiger partial charge in [-0.25, -0.2) is 4.39 Å². The van der Waals surface area contributed by atoms with Crippen molar-refractivity contribution in [3.8, 4) is 0 Å². The molecule has 0 radical (unpaired) electrons. The van der Waals surface area contributed by atoms with Crippen LogP contribution < -0.4 is 10.6 Å². The standard InChI is InChI=1S/C15H21FN2O/c1-17-14(19)11-15(7-2-9-18-10-8-15)12-3-5-13(16)6-4-12/h3-6,18H,2,7-11H2,1H3,(H,17,19). The van der Waals surface area contributed by atoms with E-state index in [0.717, 1.165) is 37.9 Å². The van der Waals surface area contributed by atoms with Gasteiger partial charge in [0.15, 0.2) is 0 Å². The quantitative estimate of drug-likeness (QED) is 0.876. The average Bonchev–Trinajstić information content (AvgIpc) is 2.66. The number of carbonyl (C=O) groups is 1. The number of benzene rings is 1. The Kier molecular flexibility index (Phi) is 4.53. The van der Waals surface area contributed by atoms with Crippen LogP contribution in [0, 0.1) is 5.82 Å². The van der Waals surface area contributed by atoms with Crippen LogP contribution in [0.25, 0.3) is 0 Å². The lowest BCUT2D eigenvalue weighted by Crippen LogP contribution is -2.34. The third-order valence-corrected chi connectivity index (χ3v) is 4.02. The fourth-order valence-electron chi connectivity index (χ4n) is 2.90. The molecule has 1 saturated heterocycles. The molecule has 1 amide bonds. The first-order chi connectivity index (χ1) is 9.16. The van der Waals surface area contributed by atoms with Gasteiger partial charge in [-0.3, -0.25) is 4.79 Å². The average molecular weight is 264 g/mol. The van der Waals surface area contributed by atoms with Crippen molar-refractivity contribution in [1.82, 2.24) is 10.6 Å². The monoisotopic (exact) mass is 264 g/mol. The highest BCUT2D eigenvalue weighted by atomic mass is 19.1. The van der Waals surface area contributed by atoms with Crippen molar-refractivity contribution in [2.45, 2.75) is 31.1 Å². The predicted octanol–water partition coefficient (Wildman–Crippen LogP) is 1.97. The van der Waals surface area contributed by atoms with Crippen molar-refractivity contribution in [1.29, 1.82) is 0 Å². The molecule has 0 saturated carbocycles. The second kappa shape index (κ2) is 6.15. The number of halogens is 1. The van der Waals surface area contributed by atoms with Crippen molar-refractivity contribution in [3.05, 3.63) is 35.6 Å². The van der Waals surface area contributed by atoms with E-state index in [2.05, 4.69) is 10.6 Å². The van der Waals surface area contributed by atoms with Crippen molar-refractivity contribution in [2.75, 3.05) is 20.1 Å². The Morgan fingerprint density at radius 3 is 2.74 bits per heavy atom. The van der Waals surface area contributed by atoms with Crippen LogP contribution in [0.3, 0.4) is 0 Å². The van der Waals surface area contributed by atoms with Gasteiger partial charge in [0.25, 0.3) is 0 Å². The van der Waals surface area contributed by atoms with Gasteiger partial charge in [-0.2, -0.15) is 0 Å². The highest BCUT2D eigenvalue weighted by molar-refractivity contribution is 5.77. The number of hydrogen-bond donors (Lipinski definition) is 2. The Morgan fingerprint density at radius 2 is 2.05 bits per heavy atom. The normalized spacial score (nSPS) is 23.7. The van der Waals surface area contributed by atoms with Gasteiger partial charge < -0.3 is 10.6 Å². The summed E-state index contributed by atoms with van der Waals surface area (Å²) in [5.74, 6) is -0.184. The van der Waals surface area contributed by atoms with E-state index in [1.807, 2.05) is 12.1 Å². The minimum atomic E-state index is -0.231. The summed E-state index contributed by atoms with van der Waals surface area (Å²) < 4.78 is 13.1. The lowest BCUT2D eigenvalue weighted by Gasteiger charge is -2.32. The Morgan fingerprint density at radius 1 is 1.32 bits per heavy atom. The second-order valence-corrected chi connectivity index (χ2v) is 5.24. The molecule has 4 heteroatoms. The van der Waals surface area contributed by atoms with Crippen molar-refractivity contribution < 1.29 is 9.18 Å².